The van der Waals surface area contributed by atoms with Crippen LogP contribution in [-0.4, -0.2) is 19.2 Å². The molecule has 2 aliphatic rings. The number of hydrogen-bond acceptors (Lipinski definition) is 4. The summed E-state index contributed by atoms with van der Waals surface area (Å²) < 4.78 is 10.8. The molecule has 1 aliphatic carbocycles. The maximum absolute atomic E-state index is 12.4. The van der Waals surface area contributed by atoms with Crippen LogP contribution in [0.3, 0.4) is 0 Å². The number of hydrogen-bond donors (Lipinski definition) is 2. The molecule has 0 bridgehead atoms. The Morgan fingerprint density at radius 1 is 1.29 bits per heavy atom. The van der Waals surface area contributed by atoms with Crippen molar-refractivity contribution in [3.63, 3.8) is 0 Å². The molecule has 114 valence electrons. The third kappa shape index (κ3) is 2.97. The Bertz CT molecular complexity index is 518. The van der Waals surface area contributed by atoms with Crippen LogP contribution in [0.5, 0.6) is 11.5 Å². The van der Waals surface area contributed by atoms with Crippen LogP contribution >= 0.6 is 0 Å². The molecule has 0 saturated heterocycles. The summed E-state index contributed by atoms with van der Waals surface area (Å²) in [4.78, 5) is 12.4. The van der Waals surface area contributed by atoms with E-state index >= 15 is 0 Å². The molecule has 1 saturated carbocycles. The van der Waals surface area contributed by atoms with Crippen LogP contribution in [0.15, 0.2) is 18.2 Å². The maximum atomic E-state index is 12.4. The fourth-order valence-corrected chi connectivity index (χ4v) is 3.28. The van der Waals surface area contributed by atoms with E-state index in [1.165, 1.54) is 6.42 Å². The van der Waals surface area contributed by atoms with Crippen LogP contribution in [0.4, 0.5) is 0 Å². The summed E-state index contributed by atoms with van der Waals surface area (Å²) in [6.07, 6.45) is 4.31. The van der Waals surface area contributed by atoms with Gasteiger partial charge in [-0.2, -0.15) is 0 Å². The van der Waals surface area contributed by atoms with E-state index < -0.39 is 0 Å². The van der Waals surface area contributed by atoms with E-state index in [1.54, 1.807) is 0 Å². The number of carbonyl (C=O) groups excluding carboxylic acids is 1. The van der Waals surface area contributed by atoms with Gasteiger partial charge in [0.1, 0.15) is 0 Å². The van der Waals surface area contributed by atoms with Crippen LogP contribution < -0.4 is 20.5 Å². The number of carbonyl (C=O) groups is 1. The van der Waals surface area contributed by atoms with Crippen molar-refractivity contribution < 1.29 is 14.3 Å². The van der Waals surface area contributed by atoms with Crippen molar-refractivity contribution in [1.29, 1.82) is 0 Å². The van der Waals surface area contributed by atoms with Crippen molar-refractivity contribution in [2.75, 3.05) is 13.3 Å². The van der Waals surface area contributed by atoms with Crippen molar-refractivity contribution in [2.45, 2.75) is 32.2 Å². The molecule has 5 heteroatoms. The maximum Gasteiger partial charge on any atom is 0.231 e. The minimum absolute atomic E-state index is 0.0534. The summed E-state index contributed by atoms with van der Waals surface area (Å²) in [6, 6.07) is 5.74. The molecule has 1 amide bonds. The second-order valence-corrected chi connectivity index (χ2v) is 5.76. The molecule has 1 aliphatic heterocycles. The molecule has 1 aromatic carbocycles. The molecule has 5 nitrogen and oxygen atoms in total. The average Bonchev–Trinajstić information content (AvgIpc) is 3.01. The number of nitrogens with two attached hydrogens (primary N) is 1. The minimum Gasteiger partial charge on any atom is -0.454 e. The topological polar surface area (TPSA) is 73.6 Å². The first-order valence-electron chi connectivity index (χ1n) is 7.65. The molecular weight excluding hydrogens is 268 g/mol. The first kappa shape index (κ1) is 14.2. The first-order chi connectivity index (χ1) is 10.3. The Morgan fingerprint density at radius 2 is 2.14 bits per heavy atom. The summed E-state index contributed by atoms with van der Waals surface area (Å²) >= 11 is 0. The molecule has 2 unspecified atom stereocenters. The molecule has 0 spiro atoms. The molecule has 1 fully saturated rings. The Hall–Kier alpha value is -1.75. The zero-order valence-corrected chi connectivity index (χ0v) is 12.1. The van der Waals surface area contributed by atoms with Gasteiger partial charge in [0, 0.05) is 18.0 Å². The van der Waals surface area contributed by atoms with E-state index in [1.807, 2.05) is 18.2 Å². The van der Waals surface area contributed by atoms with Gasteiger partial charge in [-0.05, 0) is 31.4 Å². The minimum atomic E-state index is 0.0534. The van der Waals surface area contributed by atoms with E-state index in [2.05, 4.69) is 5.32 Å². The monoisotopic (exact) mass is 290 g/mol. The largest absolute Gasteiger partial charge is 0.454 e. The SMILES string of the molecule is NCC1CCCCC1C(=O)NCc1cccc2c1OCO2. The lowest BCUT2D eigenvalue weighted by Crippen LogP contribution is -2.39. The van der Waals surface area contributed by atoms with Gasteiger partial charge in [-0.25, -0.2) is 0 Å². The predicted molar refractivity (Wildman–Crippen MR) is 78.9 cm³/mol. The Kier molecular flexibility index (Phi) is 4.29. The number of nitrogens with one attached hydrogen (secondary N) is 1. The van der Waals surface area contributed by atoms with Crippen LogP contribution in [0, 0.1) is 11.8 Å². The smallest absolute Gasteiger partial charge is 0.231 e. The van der Waals surface area contributed by atoms with Crippen molar-refractivity contribution in [2.24, 2.45) is 17.6 Å². The van der Waals surface area contributed by atoms with E-state index in [0.29, 0.717) is 19.0 Å². The third-order valence-electron chi connectivity index (χ3n) is 4.48. The average molecular weight is 290 g/mol. The molecular formula is C16H22N2O3. The standard InChI is InChI=1S/C16H22N2O3/c17-8-11-4-1-2-6-13(11)16(19)18-9-12-5-3-7-14-15(12)21-10-20-14/h3,5,7,11,13H,1-2,4,6,8-10,17H2,(H,18,19). The van der Waals surface area contributed by atoms with E-state index in [4.69, 9.17) is 15.2 Å². The molecule has 0 aromatic heterocycles. The predicted octanol–water partition coefficient (Wildman–Crippen LogP) is 1.80. The van der Waals surface area contributed by atoms with E-state index in [-0.39, 0.29) is 18.6 Å². The fourth-order valence-electron chi connectivity index (χ4n) is 3.28. The van der Waals surface area contributed by atoms with Gasteiger partial charge in [-0.3, -0.25) is 4.79 Å². The van der Waals surface area contributed by atoms with Crippen LogP contribution in [-0.2, 0) is 11.3 Å². The van der Waals surface area contributed by atoms with E-state index in [9.17, 15) is 4.79 Å². The second kappa shape index (κ2) is 6.35. The van der Waals surface area contributed by atoms with Gasteiger partial charge in [0.2, 0.25) is 12.7 Å². The van der Waals surface area contributed by atoms with Crippen molar-refractivity contribution in [3.05, 3.63) is 23.8 Å². The number of benzene rings is 1. The Morgan fingerprint density at radius 3 is 3.00 bits per heavy atom. The molecule has 3 N–H and O–H groups in total. The number of amides is 1. The summed E-state index contributed by atoms with van der Waals surface area (Å²) in [7, 11) is 0. The Labute approximate surface area is 124 Å². The summed E-state index contributed by atoms with van der Waals surface area (Å²) in [5, 5.41) is 3.03. The number of ether oxygens (including phenoxy) is 2. The van der Waals surface area contributed by atoms with Gasteiger partial charge < -0.3 is 20.5 Å². The van der Waals surface area contributed by atoms with Crippen molar-refractivity contribution >= 4 is 5.91 Å². The highest BCUT2D eigenvalue weighted by Gasteiger charge is 2.30. The number of fused-ring (bicyclic) bond motifs is 1. The van der Waals surface area contributed by atoms with Gasteiger partial charge in [0.05, 0.1) is 0 Å². The highest BCUT2D eigenvalue weighted by molar-refractivity contribution is 5.79. The lowest BCUT2D eigenvalue weighted by molar-refractivity contribution is -0.127. The molecule has 3 rings (SSSR count). The first-order valence-corrected chi connectivity index (χ1v) is 7.65. The molecule has 1 heterocycles. The molecule has 1 aromatic rings. The van der Waals surface area contributed by atoms with Gasteiger partial charge >= 0.3 is 0 Å². The van der Waals surface area contributed by atoms with Crippen LogP contribution in [0.2, 0.25) is 0 Å². The highest BCUT2D eigenvalue weighted by Crippen LogP contribution is 2.35. The lowest BCUT2D eigenvalue weighted by atomic mass is 9.79. The fraction of sp³-hybridized carbons (Fsp3) is 0.562. The van der Waals surface area contributed by atoms with Gasteiger partial charge in [-0.15, -0.1) is 0 Å². The molecule has 0 radical (unpaired) electrons. The molecule has 21 heavy (non-hydrogen) atoms. The summed E-state index contributed by atoms with van der Waals surface area (Å²) in [5.41, 5.74) is 6.75. The second-order valence-electron chi connectivity index (χ2n) is 5.76. The van der Waals surface area contributed by atoms with Crippen LogP contribution in [0.1, 0.15) is 31.2 Å². The summed E-state index contributed by atoms with van der Waals surface area (Å²) in [6.45, 7) is 1.31. The normalized spacial score (nSPS) is 23.9. The van der Waals surface area contributed by atoms with Crippen molar-refractivity contribution in [1.82, 2.24) is 5.32 Å². The number of para-hydroxylation sites is 1. The zero-order valence-electron chi connectivity index (χ0n) is 12.1. The zero-order chi connectivity index (χ0) is 14.7. The van der Waals surface area contributed by atoms with Gasteiger partial charge in [0.15, 0.2) is 11.5 Å². The van der Waals surface area contributed by atoms with Gasteiger partial charge in [0.25, 0.3) is 0 Å². The summed E-state index contributed by atoms with van der Waals surface area (Å²) in [5.74, 6) is 1.98. The van der Waals surface area contributed by atoms with Crippen LogP contribution in [0.25, 0.3) is 0 Å². The Balaban J connectivity index is 1.62. The van der Waals surface area contributed by atoms with E-state index in [0.717, 1.165) is 36.3 Å². The van der Waals surface area contributed by atoms with Crippen molar-refractivity contribution in [3.8, 4) is 11.5 Å². The lowest BCUT2D eigenvalue weighted by Gasteiger charge is -2.29. The third-order valence-corrected chi connectivity index (χ3v) is 4.48. The highest BCUT2D eigenvalue weighted by atomic mass is 16.7. The quantitative estimate of drug-likeness (QED) is 0.886. The number of rotatable bonds is 4. The van der Waals surface area contributed by atoms with Gasteiger partial charge in [-0.1, -0.05) is 25.0 Å². The molecule has 2 atom stereocenters.